The minimum Gasteiger partial charge on any atom is -0.361 e. The maximum absolute atomic E-state index is 12.3. The second-order valence-corrected chi connectivity index (χ2v) is 5.40. The molecular weight excluding hydrogens is 250 g/mol. The Hall–Kier alpha value is -2.28. The van der Waals surface area contributed by atoms with Gasteiger partial charge in [0.05, 0.1) is 6.07 Å². The highest BCUT2D eigenvalue weighted by molar-refractivity contribution is 5.85. The second kappa shape index (κ2) is 5.79. The first-order valence-electron chi connectivity index (χ1n) is 6.74. The van der Waals surface area contributed by atoms with Crippen LogP contribution in [0.4, 0.5) is 0 Å². The normalized spacial score (nSPS) is 12.3. The van der Waals surface area contributed by atoms with Crippen LogP contribution >= 0.6 is 0 Å². The predicted molar refractivity (Wildman–Crippen MR) is 78.7 cm³/mol. The van der Waals surface area contributed by atoms with Gasteiger partial charge < -0.3 is 9.88 Å². The van der Waals surface area contributed by atoms with Gasteiger partial charge in [-0.1, -0.05) is 32.0 Å². The number of aromatic nitrogens is 1. The van der Waals surface area contributed by atoms with E-state index in [1.54, 1.807) is 11.9 Å². The number of fused-ring (bicyclic) bond motifs is 1. The van der Waals surface area contributed by atoms with Crippen LogP contribution in [0.2, 0.25) is 0 Å². The van der Waals surface area contributed by atoms with Gasteiger partial charge in [-0.15, -0.1) is 0 Å². The summed E-state index contributed by atoms with van der Waals surface area (Å²) in [6.07, 6.45) is 1.92. The van der Waals surface area contributed by atoms with Crippen LogP contribution in [-0.2, 0) is 11.3 Å². The lowest BCUT2D eigenvalue weighted by Gasteiger charge is -2.21. The van der Waals surface area contributed by atoms with E-state index in [2.05, 4.69) is 11.1 Å². The quantitative estimate of drug-likeness (QED) is 0.927. The number of benzene rings is 1. The van der Waals surface area contributed by atoms with E-state index in [-0.39, 0.29) is 11.8 Å². The number of carbonyl (C=O) groups excluding carboxylic acids is 1. The third-order valence-electron chi connectivity index (χ3n) is 3.53. The molecule has 0 saturated heterocycles. The number of rotatable bonds is 4. The van der Waals surface area contributed by atoms with Gasteiger partial charge in [0.25, 0.3) is 0 Å². The zero-order valence-electron chi connectivity index (χ0n) is 12.1. The van der Waals surface area contributed by atoms with Crippen LogP contribution in [0.3, 0.4) is 0 Å². The minimum atomic E-state index is -0.579. The van der Waals surface area contributed by atoms with Gasteiger partial charge >= 0.3 is 0 Å². The average Bonchev–Trinajstić information content (AvgIpc) is 2.82. The molecule has 0 bridgehead atoms. The van der Waals surface area contributed by atoms with Gasteiger partial charge in [0.1, 0.15) is 5.92 Å². The van der Waals surface area contributed by atoms with Crippen LogP contribution in [0.25, 0.3) is 10.9 Å². The summed E-state index contributed by atoms with van der Waals surface area (Å²) in [6, 6.07) is 10.1. The molecule has 0 aliphatic carbocycles. The Kier molecular flexibility index (Phi) is 4.09. The summed E-state index contributed by atoms with van der Waals surface area (Å²) in [7, 11) is 1.75. The maximum atomic E-state index is 12.3. The Morgan fingerprint density at radius 2 is 2.10 bits per heavy atom. The number of amides is 1. The second-order valence-electron chi connectivity index (χ2n) is 5.40. The highest BCUT2D eigenvalue weighted by Crippen LogP contribution is 2.20. The van der Waals surface area contributed by atoms with Crippen molar-refractivity contribution in [2.24, 2.45) is 11.8 Å². The standard InChI is InChI=1S/C16H19N3O/c1-11(2)14(8-17)16(20)19(3)10-12-9-18-15-7-5-4-6-13(12)15/h4-7,9,11,14,18H,10H2,1-3H3. The molecule has 1 atom stereocenters. The number of nitrogens with zero attached hydrogens (tertiary/aromatic N) is 2. The third kappa shape index (κ3) is 2.67. The van der Waals surface area contributed by atoms with Crippen molar-refractivity contribution in [2.45, 2.75) is 20.4 Å². The number of carbonyl (C=O) groups is 1. The molecule has 0 aliphatic rings. The summed E-state index contributed by atoms with van der Waals surface area (Å²) < 4.78 is 0. The third-order valence-corrected chi connectivity index (χ3v) is 3.53. The van der Waals surface area contributed by atoms with Crippen LogP contribution < -0.4 is 0 Å². The largest absolute Gasteiger partial charge is 0.361 e. The predicted octanol–water partition coefficient (Wildman–Crippen LogP) is 2.92. The summed E-state index contributed by atoms with van der Waals surface area (Å²) in [5.74, 6) is -0.670. The molecule has 0 fully saturated rings. The van der Waals surface area contributed by atoms with Crippen molar-refractivity contribution in [1.82, 2.24) is 9.88 Å². The molecule has 2 rings (SSSR count). The maximum Gasteiger partial charge on any atom is 0.240 e. The molecule has 104 valence electrons. The number of nitriles is 1. The molecule has 0 aliphatic heterocycles. The van der Waals surface area contributed by atoms with E-state index in [0.29, 0.717) is 6.54 Å². The Labute approximate surface area is 119 Å². The molecule has 0 radical (unpaired) electrons. The molecule has 0 saturated carbocycles. The molecule has 1 aromatic carbocycles. The molecule has 2 aromatic rings. The van der Waals surface area contributed by atoms with Crippen molar-refractivity contribution in [3.05, 3.63) is 36.0 Å². The number of hydrogen-bond donors (Lipinski definition) is 1. The topological polar surface area (TPSA) is 59.9 Å². The Morgan fingerprint density at radius 1 is 1.40 bits per heavy atom. The fourth-order valence-corrected chi connectivity index (χ4v) is 2.32. The van der Waals surface area contributed by atoms with Gasteiger partial charge in [0.15, 0.2) is 0 Å². The number of hydrogen-bond acceptors (Lipinski definition) is 2. The van der Waals surface area contributed by atoms with E-state index in [4.69, 9.17) is 5.26 Å². The fourth-order valence-electron chi connectivity index (χ4n) is 2.32. The van der Waals surface area contributed by atoms with E-state index in [9.17, 15) is 4.79 Å². The average molecular weight is 269 g/mol. The highest BCUT2D eigenvalue weighted by atomic mass is 16.2. The lowest BCUT2D eigenvalue weighted by molar-refractivity contribution is -0.134. The van der Waals surface area contributed by atoms with E-state index in [0.717, 1.165) is 16.5 Å². The molecule has 1 heterocycles. The Balaban J connectivity index is 2.17. The number of H-pyrrole nitrogens is 1. The lowest BCUT2D eigenvalue weighted by Crippen LogP contribution is -2.34. The summed E-state index contributed by atoms with van der Waals surface area (Å²) in [4.78, 5) is 17.1. The molecule has 0 spiro atoms. The minimum absolute atomic E-state index is 0.0259. The van der Waals surface area contributed by atoms with Crippen molar-refractivity contribution in [3.63, 3.8) is 0 Å². The number of aromatic amines is 1. The Bertz CT molecular complexity index is 651. The van der Waals surface area contributed by atoms with Crippen molar-refractivity contribution < 1.29 is 4.79 Å². The van der Waals surface area contributed by atoms with Crippen LogP contribution in [0, 0.1) is 23.2 Å². The van der Waals surface area contributed by atoms with Gasteiger partial charge in [-0.2, -0.15) is 5.26 Å². The van der Waals surface area contributed by atoms with E-state index < -0.39 is 5.92 Å². The summed E-state index contributed by atoms with van der Waals surface area (Å²) in [5.41, 5.74) is 2.13. The van der Waals surface area contributed by atoms with Crippen LogP contribution in [0.15, 0.2) is 30.5 Å². The molecule has 4 heteroatoms. The Morgan fingerprint density at radius 3 is 2.75 bits per heavy atom. The highest BCUT2D eigenvalue weighted by Gasteiger charge is 2.25. The molecule has 20 heavy (non-hydrogen) atoms. The first-order valence-corrected chi connectivity index (χ1v) is 6.74. The number of para-hydroxylation sites is 1. The molecule has 1 aromatic heterocycles. The van der Waals surface area contributed by atoms with Crippen LogP contribution in [0.1, 0.15) is 19.4 Å². The molecule has 4 nitrogen and oxygen atoms in total. The monoisotopic (exact) mass is 269 g/mol. The van der Waals surface area contributed by atoms with Crippen molar-refractivity contribution in [3.8, 4) is 6.07 Å². The fraction of sp³-hybridized carbons (Fsp3) is 0.375. The summed E-state index contributed by atoms with van der Waals surface area (Å²) in [5, 5.41) is 10.2. The molecule has 1 amide bonds. The van der Waals surface area contributed by atoms with E-state index in [1.165, 1.54) is 0 Å². The van der Waals surface area contributed by atoms with Crippen molar-refractivity contribution in [1.29, 1.82) is 5.26 Å². The van der Waals surface area contributed by atoms with Gasteiger partial charge in [0.2, 0.25) is 5.91 Å². The van der Waals surface area contributed by atoms with E-state index in [1.807, 2.05) is 44.3 Å². The molecule has 1 unspecified atom stereocenters. The smallest absolute Gasteiger partial charge is 0.240 e. The van der Waals surface area contributed by atoms with Gasteiger partial charge in [-0.25, -0.2) is 0 Å². The lowest BCUT2D eigenvalue weighted by atomic mass is 9.96. The summed E-state index contributed by atoms with van der Waals surface area (Å²) in [6.45, 7) is 4.30. The molecule has 1 N–H and O–H groups in total. The molecular formula is C16H19N3O. The summed E-state index contributed by atoms with van der Waals surface area (Å²) >= 11 is 0. The van der Waals surface area contributed by atoms with Gasteiger partial charge in [0, 0.05) is 30.7 Å². The SMILES string of the molecule is CC(C)C(C#N)C(=O)N(C)Cc1c[nH]c2ccccc12. The van der Waals surface area contributed by atoms with Gasteiger partial charge in [-0.3, -0.25) is 4.79 Å². The first-order chi connectivity index (χ1) is 9.54. The van der Waals surface area contributed by atoms with Crippen molar-refractivity contribution >= 4 is 16.8 Å². The zero-order chi connectivity index (χ0) is 14.7. The zero-order valence-corrected chi connectivity index (χ0v) is 12.1. The van der Waals surface area contributed by atoms with E-state index >= 15 is 0 Å². The van der Waals surface area contributed by atoms with Crippen LogP contribution in [0.5, 0.6) is 0 Å². The number of nitrogens with one attached hydrogen (secondary N) is 1. The van der Waals surface area contributed by atoms with Gasteiger partial charge in [-0.05, 0) is 17.5 Å². The first kappa shape index (κ1) is 14.1. The van der Waals surface area contributed by atoms with Crippen LogP contribution in [-0.4, -0.2) is 22.8 Å². The van der Waals surface area contributed by atoms with Crippen molar-refractivity contribution in [2.75, 3.05) is 7.05 Å².